The number of carboxylic acids is 1. The van der Waals surface area contributed by atoms with Gasteiger partial charge in [0, 0.05) is 0 Å². The second kappa shape index (κ2) is 8.71. The predicted octanol–water partition coefficient (Wildman–Crippen LogP) is 2.91. The largest absolute Gasteiger partial charge is 2.00 e. The Bertz CT molecular complexity index is 368. The van der Waals surface area contributed by atoms with Crippen LogP contribution in [-0.2, 0) is 21.9 Å². The van der Waals surface area contributed by atoms with Gasteiger partial charge in [0.05, 0.1) is 0 Å². The smallest absolute Gasteiger partial charge is 0.485 e. The molecule has 0 saturated carbocycles. The van der Waals surface area contributed by atoms with Crippen molar-refractivity contribution in [3.8, 4) is 0 Å². The molecule has 2 aromatic rings. The van der Waals surface area contributed by atoms with Crippen LogP contribution in [0.15, 0.2) is 60.7 Å². The molecule has 2 aromatic carbocycles. The molecule has 0 fully saturated rings. The Kier molecular flexibility index (Phi) is 7.86. The van der Waals surface area contributed by atoms with Crippen molar-refractivity contribution in [1.29, 1.82) is 0 Å². The Morgan fingerprint density at radius 3 is 2.06 bits per heavy atom. The Labute approximate surface area is 105 Å². The molecule has 0 aliphatic rings. The Hall–Kier alpha value is -1.57. The van der Waals surface area contributed by atoms with Crippen LogP contribution in [0, 0.1) is 0 Å². The molecular weight excluding hydrogens is 244 g/mol. The van der Waals surface area contributed by atoms with Crippen molar-refractivity contribution in [1.82, 2.24) is 0 Å². The van der Waals surface area contributed by atoms with Crippen LogP contribution in [0.1, 0.15) is 5.56 Å². The van der Waals surface area contributed by atoms with Crippen LogP contribution in [0.5, 0.6) is 0 Å². The fourth-order valence-corrected chi connectivity index (χ4v) is 0.988. The average molecular weight is 256 g/mol. The zero-order valence-corrected chi connectivity index (χ0v) is 9.66. The first-order valence-electron chi connectivity index (χ1n) is 4.58. The molecule has 16 heavy (non-hydrogen) atoms. The molecule has 0 aromatic heterocycles. The summed E-state index contributed by atoms with van der Waals surface area (Å²) in [7, 11) is 0. The molecule has 0 bridgehead atoms. The van der Waals surface area contributed by atoms with Crippen LogP contribution in [-0.4, -0.2) is 11.1 Å². The molecule has 2 rings (SSSR count). The molecule has 3 heteroatoms. The zero-order chi connectivity index (χ0) is 10.9. The number of hydrogen-bond donors (Lipinski definition) is 1. The molecule has 0 heterocycles. The second-order valence-corrected chi connectivity index (χ2v) is 2.85. The van der Waals surface area contributed by atoms with Crippen LogP contribution in [0.3, 0.4) is 0 Å². The van der Waals surface area contributed by atoms with E-state index in [-0.39, 0.29) is 17.1 Å². The van der Waals surface area contributed by atoms with Gasteiger partial charge >= 0.3 is 17.1 Å². The van der Waals surface area contributed by atoms with E-state index in [0.717, 1.165) is 11.6 Å². The minimum Gasteiger partial charge on any atom is -0.485 e. The van der Waals surface area contributed by atoms with Crippen molar-refractivity contribution in [3.05, 3.63) is 66.2 Å². The summed E-state index contributed by atoms with van der Waals surface area (Å²) < 4.78 is 0. The van der Waals surface area contributed by atoms with Crippen LogP contribution < -0.4 is 0 Å². The minimum atomic E-state index is -0.916. The van der Waals surface area contributed by atoms with E-state index in [1.807, 2.05) is 54.6 Å². The maximum atomic E-state index is 10.0. The first-order chi connectivity index (χ1) is 7.29. The van der Waals surface area contributed by atoms with Crippen molar-refractivity contribution in [3.63, 3.8) is 0 Å². The van der Waals surface area contributed by atoms with Gasteiger partial charge in [-0.05, 0) is 6.08 Å². The number of carboxylic acid groups (broad SMARTS) is 1. The van der Waals surface area contributed by atoms with Crippen LogP contribution in [0.2, 0.25) is 0 Å². The Morgan fingerprint density at radius 1 is 1.12 bits per heavy atom. The normalized spacial score (nSPS) is 9.00. The van der Waals surface area contributed by atoms with Gasteiger partial charge in [0.15, 0.2) is 0 Å². The van der Waals surface area contributed by atoms with E-state index < -0.39 is 5.97 Å². The monoisotopic (exact) mass is 256 g/mol. The molecule has 0 spiro atoms. The molecular formula is C13H12FeO2. The molecule has 2 nitrogen and oxygen atoms in total. The van der Waals surface area contributed by atoms with Crippen molar-refractivity contribution in [2.75, 3.05) is 0 Å². The molecule has 84 valence electrons. The number of hydrogen-bond acceptors (Lipinski definition) is 1. The molecule has 0 atom stereocenters. The molecule has 0 radical (unpaired) electrons. The van der Waals surface area contributed by atoms with E-state index in [2.05, 4.69) is 0 Å². The number of carbonyl (C=O) groups is 1. The van der Waals surface area contributed by atoms with Gasteiger partial charge in [-0.1, -0.05) is 0 Å². The summed E-state index contributed by atoms with van der Waals surface area (Å²) in [6.45, 7) is 0. The fourth-order valence-electron chi connectivity index (χ4n) is 0.988. The predicted molar refractivity (Wildman–Crippen MR) is 60.7 cm³/mol. The van der Waals surface area contributed by atoms with Gasteiger partial charge < -0.3 is 5.11 Å². The van der Waals surface area contributed by atoms with Gasteiger partial charge in [0.2, 0.25) is 0 Å². The van der Waals surface area contributed by atoms with E-state index in [9.17, 15) is 4.79 Å². The van der Waals surface area contributed by atoms with Gasteiger partial charge in [0.1, 0.15) is 0 Å². The molecule has 0 unspecified atom stereocenters. The van der Waals surface area contributed by atoms with Gasteiger partial charge in [-0.25, -0.2) is 12.1 Å². The SMILES string of the molecule is O=C(O)C=C[c-]1cccc1.[Fe+2].c1cc[cH-]c1. The Balaban J connectivity index is 0.000000318. The minimum absolute atomic E-state index is 0. The Morgan fingerprint density at radius 2 is 1.69 bits per heavy atom. The third-order valence-corrected chi connectivity index (χ3v) is 1.66. The van der Waals surface area contributed by atoms with Crippen molar-refractivity contribution < 1.29 is 27.0 Å². The van der Waals surface area contributed by atoms with Gasteiger partial charge in [-0.2, -0.15) is 30.3 Å². The molecule has 0 saturated heterocycles. The van der Waals surface area contributed by atoms with Crippen molar-refractivity contribution in [2.24, 2.45) is 0 Å². The third-order valence-electron chi connectivity index (χ3n) is 1.66. The third kappa shape index (κ3) is 6.82. The summed E-state index contributed by atoms with van der Waals surface area (Å²) in [5.74, 6) is -0.916. The fraction of sp³-hybridized carbons (Fsp3) is 0. The second-order valence-electron chi connectivity index (χ2n) is 2.85. The summed E-state index contributed by atoms with van der Waals surface area (Å²) in [5, 5.41) is 8.23. The molecule has 0 amide bonds. The molecule has 1 N–H and O–H groups in total. The van der Waals surface area contributed by atoms with Gasteiger partial charge in [0.25, 0.3) is 5.97 Å². The standard InChI is InChI=1S/C8H7O2.C5H5.Fe/c9-8(10)6-5-7-3-1-2-4-7;1-2-4-5-3-1;/h1-6H,(H,9,10);1-5H;/q2*-1;+2. The zero-order valence-electron chi connectivity index (χ0n) is 8.56. The van der Waals surface area contributed by atoms with Crippen LogP contribution in [0.25, 0.3) is 6.08 Å². The van der Waals surface area contributed by atoms with Crippen LogP contribution in [0.4, 0.5) is 0 Å². The first-order valence-corrected chi connectivity index (χ1v) is 4.58. The van der Waals surface area contributed by atoms with Gasteiger partial charge in [-0.3, -0.25) is 4.79 Å². The quantitative estimate of drug-likeness (QED) is 0.509. The summed E-state index contributed by atoms with van der Waals surface area (Å²) in [5.41, 5.74) is 0.919. The topological polar surface area (TPSA) is 37.3 Å². The van der Waals surface area contributed by atoms with E-state index in [0.29, 0.717) is 0 Å². The number of aliphatic carboxylic acids is 1. The summed E-state index contributed by atoms with van der Waals surface area (Å²) >= 11 is 0. The summed E-state index contributed by atoms with van der Waals surface area (Å²) in [6.07, 6.45) is 2.68. The van der Waals surface area contributed by atoms with Crippen molar-refractivity contribution in [2.45, 2.75) is 0 Å². The first kappa shape index (κ1) is 14.4. The summed E-state index contributed by atoms with van der Waals surface area (Å²) in [4.78, 5) is 10.0. The van der Waals surface area contributed by atoms with Gasteiger partial charge in [-0.15, -0.1) is 23.8 Å². The van der Waals surface area contributed by atoms with E-state index in [4.69, 9.17) is 5.11 Å². The van der Waals surface area contributed by atoms with Crippen LogP contribution >= 0.6 is 0 Å². The molecule has 0 aliphatic heterocycles. The van der Waals surface area contributed by atoms with E-state index >= 15 is 0 Å². The maximum absolute atomic E-state index is 10.0. The van der Waals surface area contributed by atoms with E-state index in [1.54, 1.807) is 6.08 Å². The average Bonchev–Trinajstić information content (AvgIpc) is 2.91. The maximum Gasteiger partial charge on any atom is 2.00 e. The molecule has 0 aliphatic carbocycles. The van der Waals surface area contributed by atoms with Crippen molar-refractivity contribution >= 4 is 12.0 Å². The number of rotatable bonds is 2. The summed E-state index contributed by atoms with van der Waals surface area (Å²) in [6, 6.07) is 17.4. The van der Waals surface area contributed by atoms with E-state index in [1.165, 1.54) is 0 Å².